The van der Waals surface area contributed by atoms with Crippen molar-refractivity contribution < 1.29 is 9.47 Å². The Labute approximate surface area is 65.7 Å². The third-order valence-corrected chi connectivity index (χ3v) is 1.56. The van der Waals surface area contributed by atoms with Gasteiger partial charge in [0.15, 0.2) is 11.5 Å². The van der Waals surface area contributed by atoms with Crippen LogP contribution in [-0.2, 0) is 0 Å². The summed E-state index contributed by atoms with van der Waals surface area (Å²) in [4.78, 5) is 0. The molecular weight excluding hydrogens is 140 g/mol. The van der Waals surface area contributed by atoms with Gasteiger partial charge in [0.2, 0.25) is 5.79 Å². The van der Waals surface area contributed by atoms with E-state index in [0.717, 1.165) is 11.5 Å². The Balaban J connectivity index is 2.41. The molecule has 0 spiro atoms. The molecule has 0 aliphatic carbocycles. The Morgan fingerprint density at radius 3 is 1.91 bits per heavy atom. The van der Waals surface area contributed by atoms with Crippen molar-refractivity contribution in [2.45, 2.75) is 19.6 Å². The summed E-state index contributed by atoms with van der Waals surface area (Å²) in [5, 5.41) is 0. The van der Waals surface area contributed by atoms with Gasteiger partial charge in [-0.2, -0.15) is 0 Å². The molecule has 1 aromatic carbocycles. The highest BCUT2D eigenvalue weighted by molar-refractivity contribution is 5.42. The summed E-state index contributed by atoms with van der Waals surface area (Å²) in [7, 11) is 0. The molecule has 2 rings (SSSR count). The molecule has 0 saturated heterocycles. The Morgan fingerprint density at radius 1 is 1.00 bits per heavy atom. The van der Waals surface area contributed by atoms with Crippen molar-refractivity contribution in [1.82, 2.24) is 0 Å². The lowest BCUT2D eigenvalue weighted by Crippen LogP contribution is -2.29. The molecule has 0 N–H and O–H groups in total. The highest BCUT2D eigenvalue weighted by Gasteiger charge is 2.30. The van der Waals surface area contributed by atoms with Crippen LogP contribution in [0.2, 0.25) is 0 Å². The van der Waals surface area contributed by atoms with Crippen molar-refractivity contribution in [3.8, 4) is 11.5 Å². The van der Waals surface area contributed by atoms with E-state index in [-0.39, 0.29) is 0 Å². The number of para-hydroxylation sites is 2. The molecule has 0 fully saturated rings. The first-order chi connectivity index (χ1) is 5.17. The van der Waals surface area contributed by atoms with Crippen LogP contribution < -0.4 is 9.47 Å². The fourth-order valence-electron chi connectivity index (χ4n) is 1.17. The van der Waals surface area contributed by atoms with Gasteiger partial charge in [0.1, 0.15) is 0 Å². The van der Waals surface area contributed by atoms with E-state index in [1.165, 1.54) is 0 Å². The molecule has 0 saturated carbocycles. The topological polar surface area (TPSA) is 18.5 Å². The lowest BCUT2D eigenvalue weighted by molar-refractivity contribution is -0.0431. The van der Waals surface area contributed by atoms with Gasteiger partial charge in [0.05, 0.1) is 0 Å². The number of hydrogen-bond donors (Lipinski definition) is 0. The molecule has 0 unspecified atom stereocenters. The Bertz CT molecular complexity index is 252. The van der Waals surface area contributed by atoms with E-state index in [1.54, 1.807) is 0 Å². The molecule has 0 atom stereocenters. The van der Waals surface area contributed by atoms with Gasteiger partial charge in [-0.05, 0) is 12.1 Å². The molecular formula is C9H10O2. The number of benzene rings is 1. The van der Waals surface area contributed by atoms with Crippen LogP contribution in [0.4, 0.5) is 0 Å². The summed E-state index contributed by atoms with van der Waals surface area (Å²) >= 11 is 0. The van der Waals surface area contributed by atoms with Gasteiger partial charge in [-0.1, -0.05) is 12.1 Å². The smallest absolute Gasteiger partial charge is 0.246 e. The maximum Gasteiger partial charge on any atom is 0.246 e. The minimum atomic E-state index is -0.496. The Kier molecular flexibility index (Phi) is 1.13. The van der Waals surface area contributed by atoms with Crippen LogP contribution in [0.15, 0.2) is 24.3 Å². The summed E-state index contributed by atoms with van der Waals surface area (Å²) < 4.78 is 10.9. The molecule has 1 aromatic rings. The maximum atomic E-state index is 5.47. The van der Waals surface area contributed by atoms with Gasteiger partial charge < -0.3 is 9.47 Å². The second-order valence-corrected chi connectivity index (χ2v) is 3.05. The van der Waals surface area contributed by atoms with Crippen molar-refractivity contribution in [3.63, 3.8) is 0 Å². The predicted octanol–water partition coefficient (Wildman–Crippen LogP) is 2.19. The minimum Gasteiger partial charge on any atom is -0.449 e. The molecule has 1 heterocycles. The van der Waals surface area contributed by atoms with E-state index in [9.17, 15) is 0 Å². The van der Waals surface area contributed by atoms with Crippen molar-refractivity contribution in [1.29, 1.82) is 0 Å². The molecule has 58 valence electrons. The van der Waals surface area contributed by atoms with Gasteiger partial charge in [-0.15, -0.1) is 0 Å². The molecule has 1 aliphatic rings. The highest BCUT2D eigenvalue weighted by atomic mass is 16.7. The predicted molar refractivity (Wildman–Crippen MR) is 41.8 cm³/mol. The van der Waals surface area contributed by atoms with Crippen LogP contribution in [0.5, 0.6) is 11.5 Å². The molecule has 0 aromatic heterocycles. The first-order valence-electron chi connectivity index (χ1n) is 3.64. The monoisotopic (exact) mass is 150 g/mol. The van der Waals surface area contributed by atoms with Gasteiger partial charge in [-0.3, -0.25) is 0 Å². The lowest BCUT2D eigenvalue weighted by Gasteiger charge is -2.16. The molecule has 0 radical (unpaired) electrons. The minimum absolute atomic E-state index is 0.496. The second-order valence-electron chi connectivity index (χ2n) is 3.05. The zero-order valence-corrected chi connectivity index (χ0v) is 6.63. The summed E-state index contributed by atoms with van der Waals surface area (Å²) in [6, 6.07) is 7.68. The van der Waals surface area contributed by atoms with E-state index in [1.807, 2.05) is 38.1 Å². The van der Waals surface area contributed by atoms with Crippen molar-refractivity contribution in [3.05, 3.63) is 24.3 Å². The molecule has 11 heavy (non-hydrogen) atoms. The molecule has 2 heteroatoms. The first-order valence-corrected chi connectivity index (χ1v) is 3.64. The number of ether oxygens (including phenoxy) is 2. The van der Waals surface area contributed by atoms with Gasteiger partial charge in [0, 0.05) is 13.8 Å². The zero-order chi connectivity index (χ0) is 7.90. The standard InChI is InChI=1S/C9H10O2/c1-9(2)10-7-5-3-4-6-8(7)11-9/h3-6H,1-2H3. The molecule has 0 amide bonds. The van der Waals surface area contributed by atoms with Crippen LogP contribution >= 0.6 is 0 Å². The van der Waals surface area contributed by atoms with Gasteiger partial charge in [0.25, 0.3) is 0 Å². The van der Waals surface area contributed by atoms with Crippen molar-refractivity contribution >= 4 is 0 Å². The molecule has 2 nitrogen and oxygen atoms in total. The largest absolute Gasteiger partial charge is 0.449 e. The molecule has 0 bridgehead atoms. The zero-order valence-electron chi connectivity index (χ0n) is 6.63. The van der Waals surface area contributed by atoms with Crippen LogP contribution in [0.25, 0.3) is 0 Å². The first kappa shape index (κ1) is 6.53. The number of fused-ring (bicyclic) bond motifs is 1. The van der Waals surface area contributed by atoms with E-state index < -0.39 is 5.79 Å². The number of rotatable bonds is 0. The van der Waals surface area contributed by atoms with Gasteiger partial charge in [-0.25, -0.2) is 0 Å². The van der Waals surface area contributed by atoms with Crippen LogP contribution in [0.3, 0.4) is 0 Å². The summed E-state index contributed by atoms with van der Waals surface area (Å²) in [6.07, 6.45) is 0. The average molecular weight is 150 g/mol. The Morgan fingerprint density at radius 2 is 1.45 bits per heavy atom. The third-order valence-electron chi connectivity index (χ3n) is 1.56. The normalized spacial score (nSPS) is 18.4. The summed E-state index contributed by atoms with van der Waals surface area (Å²) in [5.74, 6) is 1.17. The third kappa shape index (κ3) is 1.04. The maximum absolute atomic E-state index is 5.47. The SMILES string of the molecule is CC1(C)Oc2ccccc2O1. The number of hydrogen-bond acceptors (Lipinski definition) is 2. The lowest BCUT2D eigenvalue weighted by atomic mass is 10.3. The second kappa shape index (κ2) is 1.91. The molecule has 1 aliphatic heterocycles. The van der Waals surface area contributed by atoms with E-state index >= 15 is 0 Å². The van der Waals surface area contributed by atoms with Crippen LogP contribution in [-0.4, -0.2) is 5.79 Å². The fraction of sp³-hybridized carbons (Fsp3) is 0.333. The Hall–Kier alpha value is -1.18. The van der Waals surface area contributed by atoms with Crippen LogP contribution in [0, 0.1) is 0 Å². The average Bonchev–Trinajstić information content (AvgIpc) is 2.21. The van der Waals surface area contributed by atoms with Crippen molar-refractivity contribution in [2.24, 2.45) is 0 Å². The van der Waals surface area contributed by atoms with Crippen molar-refractivity contribution in [2.75, 3.05) is 0 Å². The summed E-state index contributed by atoms with van der Waals surface area (Å²) in [5.41, 5.74) is 0. The van der Waals surface area contributed by atoms with E-state index in [2.05, 4.69) is 0 Å². The summed E-state index contributed by atoms with van der Waals surface area (Å²) in [6.45, 7) is 3.79. The van der Waals surface area contributed by atoms with E-state index in [0.29, 0.717) is 0 Å². The highest BCUT2D eigenvalue weighted by Crippen LogP contribution is 2.38. The van der Waals surface area contributed by atoms with Gasteiger partial charge >= 0.3 is 0 Å². The quantitative estimate of drug-likeness (QED) is 0.564. The van der Waals surface area contributed by atoms with E-state index in [4.69, 9.17) is 9.47 Å². The van der Waals surface area contributed by atoms with Crippen LogP contribution in [0.1, 0.15) is 13.8 Å². The fourth-order valence-corrected chi connectivity index (χ4v) is 1.17.